The topological polar surface area (TPSA) is 26.0 Å². The zero-order chi connectivity index (χ0) is 12.3. The van der Waals surface area contributed by atoms with Crippen LogP contribution >= 0.6 is 0 Å². The fraction of sp³-hybridized carbons (Fsp3) is 0.600. The van der Waals surface area contributed by atoms with Crippen LogP contribution in [0.1, 0.15) is 44.1 Å². The average Bonchev–Trinajstić information content (AvgIpc) is 2.33. The van der Waals surface area contributed by atoms with Crippen LogP contribution in [0.15, 0.2) is 24.3 Å². The van der Waals surface area contributed by atoms with Crippen molar-refractivity contribution in [3.8, 4) is 0 Å². The molecule has 94 valence electrons. The summed E-state index contributed by atoms with van der Waals surface area (Å²) in [6.45, 7) is 2.85. The maximum absolute atomic E-state index is 13.8. The molecular formula is C15H22FN. The van der Waals surface area contributed by atoms with Crippen molar-refractivity contribution in [3.63, 3.8) is 0 Å². The standard InChI is InChI=1S/C15H22FN/c1-11-5-4-6-12(9-11)14(10-17)13-7-2-3-8-15(13)16/h2-3,7-8,11-12,14H,4-6,9-10,17H2,1H3. The minimum absolute atomic E-state index is 0.0961. The van der Waals surface area contributed by atoms with Gasteiger partial charge in [0.1, 0.15) is 5.82 Å². The maximum atomic E-state index is 13.8. The van der Waals surface area contributed by atoms with Crippen molar-refractivity contribution in [1.82, 2.24) is 0 Å². The second-order valence-electron chi connectivity index (χ2n) is 5.40. The molecule has 1 aromatic carbocycles. The minimum Gasteiger partial charge on any atom is -0.330 e. The van der Waals surface area contributed by atoms with E-state index in [4.69, 9.17) is 5.73 Å². The van der Waals surface area contributed by atoms with Gasteiger partial charge in [0, 0.05) is 5.92 Å². The monoisotopic (exact) mass is 235 g/mol. The second kappa shape index (κ2) is 5.63. The molecule has 0 aliphatic heterocycles. The van der Waals surface area contributed by atoms with Gasteiger partial charge in [-0.15, -0.1) is 0 Å². The van der Waals surface area contributed by atoms with Crippen LogP contribution in [0.25, 0.3) is 0 Å². The van der Waals surface area contributed by atoms with Gasteiger partial charge < -0.3 is 5.73 Å². The molecule has 1 saturated carbocycles. The fourth-order valence-corrected chi connectivity index (χ4v) is 3.20. The van der Waals surface area contributed by atoms with Gasteiger partial charge in [0.15, 0.2) is 0 Å². The van der Waals surface area contributed by atoms with E-state index in [0.29, 0.717) is 12.5 Å². The Morgan fingerprint density at radius 2 is 2.12 bits per heavy atom. The van der Waals surface area contributed by atoms with Crippen LogP contribution < -0.4 is 5.73 Å². The van der Waals surface area contributed by atoms with Crippen LogP contribution in [0.3, 0.4) is 0 Å². The summed E-state index contributed by atoms with van der Waals surface area (Å²) in [4.78, 5) is 0. The van der Waals surface area contributed by atoms with E-state index in [1.807, 2.05) is 12.1 Å². The summed E-state index contributed by atoms with van der Waals surface area (Å²) in [5.41, 5.74) is 6.70. The van der Waals surface area contributed by atoms with Crippen LogP contribution in [-0.4, -0.2) is 6.54 Å². The largest absolute Gasteiger partial charge is 0.330 e. The summed E-state index contributed by atoms with van der Waals surface area (Å²) in [6, 6.07) is 7.10. The molecule has 0 radical (unpaired) electrons. The molecular weight excluding hydrogens is 213 g/mol. The lowest BCUT2D eigenvalue weighted by molar-refractivity contribution is 0.245. The van der Waals surface area contributed by atoms with E-state index in [9.17, 15) is 4.39 Å². The summed E-state index contributed by atoms with van der Waals surface area (Å²) >= 11 is 0. The molecule has 1 aliphatic carbocycles. The molecule has 0 heterocycles. The SMILES string of the molecule is CC1CCCC(C(CN)c2ccccc2F)C1. The molecule has 1 fully saturated rings. The third-order valence-electron chi connectivity index (χ3n) is 4.10. The highest BCUT2D eigenvalue weighted by Crippen LogP contribution is 2.38. The van der Waals surface area contributed by atoms with Crippen molar-refractivity contribution in [3.05, 3.63) is 35.6 Å². The highest BCUT2D eigenvalue weighted by atomic mass is 19.1. The van der Waals surface area contributed by atoms with E-state index in [1.54, 1.807) is 12.1 Å². The quantitative estimate of drug-likeness (QED) is 0.849. The molecule has 2 heteroatoms. The van der Waals surface area contributed by atoms with Crippen LogP contribution in [0, 0.1) is 17.7 Å². The van der Waals surface area contributed by atoms with Crippen molar-refractivity contribution in [2.24, 2.45) is 17.6 Å². The number of benzene rings is 1. The Morgan fingerprint density at radius 3 is 2.76 bits per heavy atom. The Labute approximate surface area is 103 Å². The van der Waals surface area contributed by atoms with Crippen molar-refractivity contribution >= 4 is 0 Å². The molecule has 0 bridgehead atoms. The Hall–Kier alpha value is -0.890. The molecule has 1 nitrogen and oxygen atoms in total. The zero-order valence-corrected chi connectivity index (χ0v) is 10.5. The van der Waals surface area contributed by atoms with Gasteiger partial charge in [0.25, 0.3) is 0 Å². The first-order chi connectivity index (χ1) is 8.22. The van der Waals surface area contributed by atoms with Crippen molar-refractivity contribution in [1.29, 1.82) is 0 Å². The van der Waals surface area contributed by atoms with Gasteiger partial charge in [-0.25, -0.2) is 4.39 Å². The lowest BCUT2D eigenvalue weighted by Crippen LogP contribution is -2.26. The minimum atomic E-state index is -0.0961. The normalized spacial score (nSPS) is 26.8. The predicted molar refractivity (Wildman–Crippen MR) is 69.3 cm³/mol. The van der Waals surface area contributed by atoms with E-state index < -0.39 is 0 Å². The third-order valence-corrected chi connectivity index (χ3v) is 4.10. The number of hydrogen-bond donors (Lipinski definition) is 1. The highest BCUT2D eigenvalue weighted by Gasteiger charge is 2.28. The molecule has 17 heavy (non-hydrogen) atoms. The van der Waals surface area contributed by atoms with Crippen LogP contribution in [-0.2, 0) is 0 Å². The van der Waals surface area contributed by atoms with Crippen LogP contribution in [0.2, 0.25) is 0 Å². The summed E-state index contributed by atoms with van der Waals surface area (Å²) in [5.74, 6) is 1.41. The molecule has 0 aromatic heterocycles. The van der Waals surface area contributed by atoms with Crippen molar-refractivity contribution < 1.29 is 4.39 Å². The average molecular weight is 235 g/mol. The van der Waals surface area contributed by atoms with Crippen LogP contribution in [0.5, 0.6) is 0 Å². The second-order valence-corrected chi connectivity index (χ2v) is 5.40. The number of nitrogens with two attached hydrogens (primary N) is 1. The predicted octanol–water partition coefficient (Wildman–Crippen LogP) is 3.69. The van der Waals surface area contributed by atoms with Gasteiger partial charge >= 0.3 is 0 Å². The molecule has 2 rings (SSSR count). The van der Waals surface area contributed by atoms with E-state index in [1.165, 1.54) is 25.7 Å². The van der Waals surface area contributed by atoms with Crippen LogP contribution in [0.4, 0.5) is 4.39 Å². The zero-order valence-electron chi connectivity index (χ0n) is 10.5. The van der Waals surface area contributed by atoms with E-state index in [0.717, 1.165) is 11.5 Å². The first-order valence-electron chi connectivity index (χ1n) is 6.67. The van der Waals surface area contributed by atoms with E-state index in [-0.39, 0.29) is 11.7 Å². The molecule has 2 N–H and O–H groups in total. The Balaban J connectivity index is 2.18. The Kier molecular flexibility index (Phi) is 4.16. The van der Waals surface area contributed by atoms with Gasteiger partial charge in [-0.3, -0.25) is 0 Å². The molecule has 3 atom stereocenters. The molecule has 0 amide bonds. The fourth-order valence-electron chi connectivity index (χ4n) is 3.20. The van der Waals surface area contributed by atoms with Gasteiger partial charge in [-0.1, -0.05) is 38.0 Å². The van der Waals surface area contributed by atoms with Gasteiger partial charge in [-0.2, -0.15) is 0 Å². The van der Waals surface area contributed by atoms with Gasteiger partial charge in [0.2, 0.25) is 0 Å². The Morgan fingerprint density at radius 1 is 1.35 bits per heavy atom. The first kappa shape index (κ1) is 12.6. The van der Waals surface area contributed by atoms with Crippen molar-refractivity contribution in [2.45, 2.75) is 38.5 Å². The molecule has 3 unspecified atom stereocenters. The molecule has 1 aliphatic rings. The number of hydrogen-bond acceptors (Lipinski definition) is 1. The first-order valence-corrected chi connectivity index (χ1v) is 6.67. The lowest BCUT2D eigenvalue weighted by atomic mass is 9.73. The molecule has 0 saturated heterocycles. The lowest BCUT2D eigenvalue weighted by Gasteiger charge is -2.33. The van der Waals surface area contributed by atoms with Gasteiger partial charge in [-0.05, 0) is 42.9 Å². The molecule has 1 aromatic rings. The summed E-state index contributed by atoms with van der Waals surface area (Å²) in [5, 5.41) is 0. The van der Waals surface area contributed by atoms with Gasteiger partial charge in [0.05, 0.1) is 0 Å². The Bertz CT molecular complexity index is 364. The van der Waals surface area contributed by atoms with E-state index >= 15 is 0 Å². The number of rotatable bonds is 3. The summed E-state index contributed by atoms with van der Waals surface area (Å²) in [7, 11) is 0. The number of halogens is 1. The highest BCUT2D eigenvalue weighted by molar-refractivity contribution is 5.23. The van der Waals surface area contributed by atoms with E-state index in [2.05, 4.69) is 6.92 Å². The maximum Gasteiger partial charge on any atom is 0.126 e. The van der Waals surface area contributed by atoms with Crippen molar-refractivity contribution in [2.75, 3.05) is 6.54 Å². The molecule has 0 spiro atoms. The third kappa shape index (κ3) is 2.86. The smallest absolute Gasteiger partial charge is 0.126 e. The summed E-state index contributed by atoms with van der Waals surface area (Å²) in [6.07, 6.45) is 4.96. The summed E-state index contributed by atoms with van der Waals surface area (Å²) < 4.78 is 13.8.